The Bertz CT molecular complexity index is 382. The van der Waals surface area contributed by atoms with Crippen molar-refractivity contribution in [1.82, 2.24) is 19.7 Å². The lowest BCUT2D eigenvalue weighted by molar-refractivity contribution is 0.0773. The highest BCUT2D eigenvalue weighted by atomic mass is 16.3. The van der Waals surface area contributed by atoms with Crippen molar-refractivity contribution in [3.05, 3.63) is 11.6 Å². The fraction of sp³-hybridized carbons (Fsp3) is 0.833. The van der Waals surface area contributed by atoms with Crippen molar-refractivity contribution < 1.29 is 5.11 Å². The molecule has 5 heteroatoms. The number of rotatable bonds is 2. The lowest BCUT2D eigenvalue weighted by atomic mass is 10.1. The summed E-state index contributed by atoms with van der Waals surface area (Å²) in [6, 6.07) is 0. The number of hydrogen-bond donors (Lipinski definition) is 1. The maximum absolute atomic E-state index is 9.49. The summed E-state index contributed by atoms with van der Waals surface area (Å²) < 4.78 is 2.29. The van der Waals surface area contributed by atoms with Gasteiger partial charge in [-0.2, -0.15) is 0 Å². The van der Waals surface area contributed by atoms with Crippen molar-refractivity contribution in [2.75, 3.05) is 13.1 Å². The first kappa shape index (κ1) is 11.2. The van der Waals surface area contributed by atoms with Gasteiger partial charge in [-0.15, -0.1) is 10.2 Å². The monoisotopic (exact) mass is 236 g/mol. The number of hydrogen-bond acceptors (Lipinski definition) is 4. The predicted molar refractivity (Wildman–Crippen MR) is 63.5 cm³/mol. The number of likely N-dealkylation sites (tertiary alicyclic amines) is 1. The van der Waals surface area contributed by atoms with Crippen molar-refractivity contribution >= 4 is 0 Å². The van der Waals surface area contributed by atoms with E-state index in [2.05, 4.69) is 19.7 Å². The lowest BCUT2D eigenvalue weighted by Crippen LogP contribution is -2.36. The molecule has 0 aliphatic carbocycles. The number of aliphatic hydroxyl groups excluding tert-OH is 1. The minimum absolute atomic E-state index is 0.0986. The molecule has 17 heavy (non-hydrogen) atoms. The Balaban J connectivity index is 1.66. The fourth-order valence-corrected chi connectivity index (χ4v) is 2.76. The Labute approximate surface area is 101 Å². The van der Waals surface area contributed by atoms with Gasteiger partial charge in [0.25, 0.3) is 0 Å². The minimum Gasteiger partial charge on any atom is -0.393 e. The molecule has 94 valence electrons. The van der Waals surface area contributed by atoms with E-state index in [0.717, 1.165) is 57.1 Å². The molecule has 0 unspecified atom stereocenters. The van der Waals surface area contributed by atoms with E-state index in [0.29, 0.717) is 0 Å². The van der Waals surface area contributed by atoms with Gasteiger partial charge >= 0.3 is 0 Å². The summed E-state index contributed by atoms with van der Waals surface area (Å²) in [4.78, 5) is 2.37. The highest BCUT2D eigenvalue weighted by molar-refractivity contribution is 4.99. The van der Waals surface area contributed by atoms with Crippen molar-refractivity contribution in [3.63, 3.8) is 0 Å². The number of fused-ring (bicyclic) bond motifs is 1. The van der Waals surface area contributed by atoms with Crippen molar-refractivity contribution in [1.29, 1.82) is 0 Å². The molecule has 0 atom stereocenters. The van der Waals surface area contributed by atoms with Crippen LogP contribution in [0, 0.1) is 0 Å². The normalized spacial score (nSPS) is 22.6. The maximum Gasteiger partial charge on any atom is 0.147 e. The van der Waals surface area contributed by atoms with Crippen LogP contribution in [0.3, 0.4) is 0 Å². The number of aliphatic hydroxyl groups is 1. The van der Waals surface area contributed by atoms with Gasteiger partial charge in [0, 0.05) is 26.1 Å². The molecule has 3 rings (SSSR count). The summed E-state index contributed by atoms with van der Waals surface area (Å²) in [6.45, 7) is 3.92. The third-order valence-corrected chi connectivity index (χ3v) is 3.86. The van der Waals surface area contributed by atoms with Crippen LogP contribution in [0.2, 0.25) is 0 Å². The molecule has 2 aliphatic rings. The summed E-state index contributed by atoms with van der Waals surface area (Å²) in [7, 11) is 0. The average Bonchev–Trinajstić information content (AvgIpc) is 2.76. The zero-order valence-corrected chi connectivity index (χ0v) is 10.2. The molecule has 1 aromatic heterocycles. The first-order chi connectivity index (χ1) is 8.33. The van der Waals surface area contributed by atoms with Gasteiger partial charge < -0.3 is 9.67 Å². The SMILES string of the molecule is OC1CCN(Cc2nnc3n2CCCC3)CC1. The van der Waals surface area contributed by atoms with Crippen LogP contribution >= 0.6 is 0 Å². The van der Waals surface area contributed by atoms with Gasteiger partial charge in [0.05, 0.1) is 12.6 Å². The van der Waals surface area contributed by atoms with Crippen LogP contribution in [0.5, 0.6) is 0 Å². The Morgan fingerprint density at radius 1 is 1.12 bits per heavy atom. The minimum atomic E-state index is -0.0986. The van der Waals surface area contributed by atoms with Crippen LogP contribution < -0.4 is 0 Å². The highest BCUT2D eigenvalue weighted by Crippen LogP contribution is 2.17. The summed E-state index contributed by atoms with van der Waals surface area (Å²) in [5.74, 6) is 2.26. The highest BCUT2D eigenvalue weighted by Gasteiger charge is 2.21. The predicted octanol–water partition coefficient (Wildman–Crippen LogP) is 0.571. The second kappa shape index (κ2) is 4.74. The van der Waals surface area contributed by atoms with Gasteiger partial charge in [-0.1, -0.05) is 0 Å². The van der Waals surface area contributed by atoms with Crippen molar-refractivity contribution in [2.24, 2.45) is 0 Å². The third kappa shape index (κ3) is 2.35. The second-order valence-corrected chi connectivity index (χ2v) is 5.15. The van der Waals surface area contributed by atoms with E-state index >= 15 is 0 Å². The van der Waals surface area contributed by atoms with Gasteiger partial charge in [-0.3, -0.25) is 4.90 Å². The lowest BCUT2D eigenvalue weighted by Gasteiger charge is -2.29. The first-order valence-corrected chi connectivity index (χ1v) is 6.64. The van der Waals surface area contributed by atoms with Crippen LogP contribution in [0.15, 0.2) is 0 Å². The first-order valence-electron chi connectivity index (χ1n) is 6.64. The molecule has 0 saturated carbocycles. The topological polar surface area (TPSA) is 54.2 Å². The van der Waals surface area contributed by atoms with E-state index in [9.17, 15) is 5.11 Å². The number of piperidine rings is 1. The molecule has 3 heterocycles. The van der Waals surface area contributed by atoms with E-state index in [4.69, 9.17) is 0 Å². The Kier molecular flexibility index (Phi) is 3.11. The summed E-state index contributed by atoms with van der Waals surface area (Å²) in [6.07, 6.45) is 5.25. The van der Waals surface area contributed by atoms with Gasteiger partial charge in [-0.25, -0.2) is 0 Å². The summed E-state index contributed by atoms with van der Waals surface area (Å²) >= 11 is 0. The number of aryl methyl sites for hydroxylation is 1. The van der Waals surface area contributed by atoms with E-state index in [1.54, 1.807) is 0 Å². The smallest absolute Gasteiger partial charge is 0.147 e. The molecule has 1 fully saturated rings. The van der Waals surface area contributed by atoms with Crippen LogP contribution in [0.4, 0.5) is 0 Å². The van der Waals surface area contributed by atoms with Gasteiger partial charge in [0.15, 0.2) is 0 Å². The van der Waals surface area contributed by atoms with Crippen LogP contribution in [0.1, 0.15) is 37.3 Å². The second-order valence-electron chi connectivity index (χ2n) is 5.15. The van der Waals surface area contributed by atoms with Gasteiger partial charge in [-0.05, 0) is 25.7 Å². The molecule has 0 amide bonds. The van der Waals surface area contributed by atoms with Crippen molar-refractivity contribution in [2.45, 2.75) is 51.3 Å². The molecule has 5 nitrogen and oxygen atoms in total. The molecule has 1 saturated heterocycles. The van der Waals surface area contributed by atoms with Crippen LogP contribution in [-0.4, -0.2) is 44.0 Å². The summed E-state index contributed by atoms with van der Waals surface area (Å²) in [5, 5.41) is 18.1. The molecule has 0 aromatic carbocycles. The Morgan fingerprint density at radius 2 is 1.94 bits per heavy atom. The molecular formula is C12H20N4O. The molecule has 0 radical (unpaired) electrons. The molecule has 0 bridgehead atoms. The largest absolute Gasteiger partial charge is 0.393 e. The van der Waals surface area contributed by atoms with Gasteiger partial charge in [0.1, 0.15) is 11.6 Å². The average molecular weight is 236 g/mol. The van der Waals surface area contributed by atoms with Crippen molar-refractivity contribution in [3.8, 4) is 0 Å². The molecule has 2 aliphatic heterocycles. The van der Waals surface area contributed by atoms with Crippen LogP contribution in [-0.2, 0) is 19.5 Å². The Morgan fingerprint density at radius 3 is 2.76 bits per heavy atom. The third-order valence-electron chi connectivity index (χ3n) is 3.86. The number of nitrogens with zero attached hydrogens (tertiary/aromatic N) is 4. The summed E-state index contributed by atoms with van der Waals surface area (Å²) in [5.41, 5.74) is 0. The fourth-order valence-electron chi connectivity index (χ4n) is 2.76. The number of aromatic nitrogens is 3. The quantitative estimate of drug-likeness (QED) is 0.815. The maximum atomic E-state index is 9.49. The molecule has 1 aromatic rings. The van der Waals surface area contributed by atoms with E-state index < -0.39 is 0 Å². The zero-order valence-electron chi connectivity index (χ0n) is 10.2. The van der Waals surface area contributed by atoms with Gasteiger partial charge in [0.2, 0.25) is 0 Å². The molecular weight excluding hydrogens is 216 g/mol. The Hall–Kier alpha value is -0.940. The van der Waals surface area contributed by atoms with E-state index in [1.165, 1.54) is 12.8 Å². The van der Waals surface area contributed by atoms with Crippen LogP contribution in [0.25, 0.3) is 0 Å². The standard InChI is InChI=1S/C12H20N4O/c17-10-4-7-15(8-5-10)9-12-14-13-11-3-1-2-6-16(11)12/h10,17H,1-9H2. The van der Waals surface area contributed by atoms with E-state index in [1.807, 2.05) is 0 Å². The zero-order chi connectivity index (χ0) is 11.7. The molecule has 0 spiro atoms. The molecule has 1 N–H and O–H groups in total. The van der Waals surface area contributed by atoms with E-state index in [-0.39, 0.29) is 6.10 Å².